The number of halogens is 3. The lowest BCUT2D eigenvalue weighted by Crippen LogP contribution is -2.24. The van der Waals surface area contributed by atoms with E-state index in [4.69, 9.17) is 22.1 Å². The molecule has 0 aromatic heterocycles. The van der Waals surface area contributed by atoms with Crippen LogP contribution < -0.4 is 10.5 Å². The van der Waals surface area contributed by atoms with Gasteiger partial charge in [0.05, 0.1) is 5.02 Å². The van der Waals surface area contributed by atoms with E-state index in [0.29, 0.717) is 23.3 Å². The lowest BCUT2D eigenvalue weighted by atomic mass is 9.93. The number of benzene rings is 2. The second kappa shape index (κ2) is 5.04. The maximum Gasteiger partial charge on any atom is 0.142 e. The maximum atomic E-state index is 13.5. The van der Waals surface area contributed by atoms with Crippen LogP contribution in [0.4, 0.5) is 8.78 Å². The summed E-state index contributed by atoms with van der Waals surface area (Å²) in [6.07, 6.45) is 0.0899. The minimum absolute atomic E-state index is 0.0660. The van der Waals surface area contributed by atoms with Crippen LogP contribution in [-0.4, -0.2) is 0 Å². The molecule has 1 aliphatic rings. The van der Waals surface area contributed by atoms with Crippen LogP contribution in [0, 0.1) is 11.6 Å². The van der Waals surface area contributed by atoms with E-state index in [1.54, 1.807) is 12.1 Å². The Bertz CT molecular complexity index is 662. The number of fused-ring (bicyclic) bond motifs is 1. The van der Waals surface area contributed by atoms with Crippen molar-refractivity contribution in [1.82, 2.24) is 0 Å². The first-order valence-electron chi connectivity index (χ1n) is 6.21. The molecule has 2 aromatic rings. The summed E-state index contributed by atoms with van der Waals surface area (Å²) in [4.78, 5) is 0. The summed E-state index contributed by atoms with van der Waals surface area (Å²) in [6.45, 7) is 0. The van der Waals surface area contributed by atoms with Gasteiger partial charge in [-0.1, -0.05) is 17.7 Å². The largest absolute Gasteiger partial charge is 0.485 e. The molecule has 0 bridgehead atoms. The van der Waals surface area contributed by atoms with Crippen molar-refractivity contribution in [2.45, 2.75) is 18.6 Å². The molecule has 3 rings (SSSR count). The van der Waals surface area contributed by atoms with Gasteiger partial charge in [0.15, 0.2) is 0 Å². The Morgan fingerprint density at radius 3 is 2.70 bits per heavy atom. The molecular formula is C15H12ClF2NO. The molecule has 0 radical (unpaired) electrons. The van der Waals surface area contributed by atoms with Crippen molar-refractivity contribution in [1.29, 1.82) is 0 Å². The number of nitrogens with two attached hydrogens (primary N) is 1. The first-order valence-corrected chi connectivity index (χ1v) is 6.59. The normalized spacial score (nSPS) is 21.2. The molecule has 2 atom stereocenters. The van der Waals surface area contributed by atoms with Crippen molar-refractivity contribution in [3.05, 3.63) is 64.2 Å². The summed E-state index contributed by atoms with van der Waals surface area (Å²) in [7, 11) is 0. The van der Waals surface area contributed by atoms with Crippen molar-refractivity contribution in [2.24, 2.45) is 5.73 Å². The molecule has 0 spiro atoms. The molecule has 1 heterocycles. The highest BCUT2D eigenvalue weighted by atomic mass is 35.5. The molecule has 20 heavy (non-hydrogen) atoms. The molecule has 0 aliphatic carbocycles. The van der Waals surface area contributed by atoms with Crippen LogP contribution >= 0.6 is 11.6 Å². The Kier molecular flexibility index (Phi) is 3.36. The highest BCUT2D eigenvalue weighted by Crippen LogP contribution is 2.40. The quantitative estimate of drug-likeness (QED) is 0.858. The summed E-state index contributed by atoms with van der Waals surface area (Å²) in [5, 5.41) is 0.0660. The highest BCUT2D eigenvalue weighted by Gasteiger charge is 2.27. The first kappa shape index (κ1) is 13.3. The van der Waals surface area contributed by atoms with Crippen molar-refractivity contribution in [2.75, 3.05) is 0 Å². The first-order chi connectivity index (χ1) is 9.54. The minimum Gasteiger partial charge on any atom is -0.485 e. The van der Waals surface area contributed by atoms with Crippen molar-refractivity contribution in [3.63, 3.8) is 0 Å². The predicted molar refractivity (Wildman–Crippen MR) is 72.7 cm³/mol. The van der Waals surface area contributed by atoms with Crippen LogP contribution in [0.3, 0.4) is 0 Å². The average Bonchev–Trinajstić information content (AvgIpc) is 2.42. The van der Waals surface area contributed by atoms with Crippen LogP contribution in [-0.2, 0) is 0 Å². The van der Waals surface area contributed by atoms with E-state index in [-0.39, 0.29) is 23.0 Å². The third-order valence-corrected chi connectivity index (χ3v) is 3.73. The van der Waals surface area contributed by atoms with Gasteiger partial charge in [-0.2, -0.15) is 0 Å². The van der Waals surface area contributed by atoms with Gasteiger partial charge in [0, 0.05) is 18.0 Å². The van der Waals surface area contributed by atoms with Crippen LogP contribution in [0.15, 0.2) is 36.4 Å². The zero-order valence-electron chi connectivity index (χ0n) is 10.4. The van der Waals surface area contributed by atoms with Gasteiger partial charge in [0.1, 0.15) is 23.5 Å². The number of hydrogen-bond donors (Lipinski definition) is 1. The lowest BCUT2D eigenvalue weighted by Gasteiger charge is -2.30. The van der Waals surface area contributed by atoms with Crippen molar-refractivity contribution < 1.29 is 13.5 Å². The van der Waals surface area contributed by atoms with E-state index >= 15 is 0 Å². The maximum absolute atomic E-state index is 13.5. The molecule has 104 valence electrons. The molecule has 2 aromatic carbocycles. The third kappa shape index (κ3) is 2.37. The molecule has 0 saturated carbocycles. The topological polar surface area (TPSA) is 35.2 Å². The van der Waals surface area contributed by atoms with Gasteiger partial charge in [0.2, 0.25) is 0 Å². The second-order valence-corrected chi connectivity index (χ2v) is 5.21. The Morgan fingerprint density at radius 2 is 1.95 bits per heavy atom. The molecule has 5 heteroatoms. The van der Waals surface area contributed by atoms with E-state index in [2.05, 4.69) is 0 Å². The van der Waals surface area contributed by atoms with Gasteiger partial charge in [-0.3, -0.25) is 0 Å². The zero-order valence-corrected chi connectivity index (χ0v) is 11.2. The Morgan fingerprint density at radius 1 is 1.15 bits per heavy atom. The van der Waals surface area contributed by atoms with Crippen LogP contribution in [0.5, 0.6) is 5.75 Å². The van der Waals surface area contributed by atoms with Crippen LogP contribution in [0.1, 0.15) is 29.7 Å². The average molecular weight is 296 g/mol. The Balaban J connectivity index is 1.94. The molecule has 1 unspecified atom stereocenters. The summed E-state index contributed by atoms with van der Waals surface area (Å²) in [5.74, 6) is -0.310. The Labute approximate surface area is 120 Å². The van der Waals surface area contributed by atoms with E-state index in [1.165, 1.54) is 24.3 Å². The summed E-state index contributed by atoms with van der Waals surface area (Å²) in [5.41, 5.74) is 7.34. The van der Waals surface area contributed by atoms with Crippen molar-refractivity contribution >= 4 is 11.6 Å². The van der Waals surface area contributed by atoms with Crippen LogP contribution in [0.2, 0.25) is 5.02 Å². The molecule has 0 fully saturated rings. The fourth-order valence-electron chi connectivity index (χ4n) is 2.39. The van der Waals surface area contributed by atoms with Gasteiger partial charge in [-0.25, -0.2) is 8.78 Å². The second-order valence-electron chi connectivity index (χ2n) is 4.80. The van der Waals surface area contributed by atoms with Crippen molar-refractivity contribution in [3.8, 4) is 5.75 Å². The summed E-state index contributed by atoms with van der Waals surface area (Å²) < 4.78 is 32.5. The van der Waals surface area contributed by atoms with Gasteiger partial charge >= 0.3 is 0 Å². The van der Waals surface area contributed by atoms with Gasteiger partial charge in [-0.05, 0) is 35.9 Å². The Hall–Kier alpha value is -1.65. The fourth-order valence-corrected chi connectivity index (χ4v) is 2.51. The highest BCUT2D eigenvalue weighted by molar-refractivity contribution is 6.30. The molecule has 2 nitrogen and oxygen atoms in total. The third-order valence-electron chi connectivity index (χ3n) is 3.42. The fraction of sp³-hybridized carbons (Fsp3) is 0.200. The zero-order chi connectivity index (χ0) is 14.3. The van der Waals surface area contributed by atoms with Gasteiger partial charge in [0.25, 0.3) is 0 Å². The lowest BCUT2D eigenvalue weighted by molar-refractivity contribution is 0.160. The van der Waals surface area contributed by atoms with Crippen LogP contribution in [0.25, 0.3) is 0 Å². The smallest absolute Gasteiger partial charge is 0.142 e. The summed E-state index contributed by atoms with van der Waals surface area (Å²) >= 11 is 5.66. The molecule has 0 saturated heterocycles. The van der Waals surface area contributed by atoms with Gasteiger partial charge in [-0.15, -0.1) is 0 Å². The number of hydrogen-bond acceptors (Lipinski definition) is 2. The number of rotatable bonds is 1. The van der Waals surface area contributed by atoms with Gasteiger partial charge < -0.3 is 10.5 Å². The van der Waals surface area contributed by atoms with E-state index < -0.39 is 5.82 Å². The molecule has 0 amide bonds. The van der Waals surface area contributed by atoms with E-state index in [1.807, 2.05) is 0 Å². The molecular weight excluding hydrogens is 284 g/mol. The summed E-state index contributed by atoms with van der Waals surface area (Å²) in [6, 6.07) is 8.42. The monoisotopic (exact) mass is 295 g/mol. The molecule has 2 N–H and O–H groups in total. The SMILES string of the molecule is N[C@@H]1CC(c2ccc(Cl)c(F)c2)Oc2ccc(F)cc21. The standard InChI is InChI=1S/C15H12ClF2NO/c16-11-3-1-8(5-12(11)18)15-7-13(19)10-6-9(17)2-4-14(10)20-15/h1-6,13,15H,7,19H2/t13-,15?/m1/s1. The number of ether oxygens (including phenoxy) is 1. The van der Waals surface area contributed by atoms with E-state index in [0.717, 1.165) is 0 Å². The van der Waals surface area contributed by atoms with E-state index in [9.17, 15) is 8.78 Å². The molecule has 1 aliphatic heterocycles. The minimum atomic E-state index is -0.494. The predicted octanol–water partition coefficient (Wildman–Crippen LogP) is 4.14.